The summed E-state index contributed by atoms with van der Waals surface area (Å²) in [6.07, 6.45) is 4.63. The fourth-order valence-corrected chi connectivity index (χ4v) is 5.61. The van der Waals surface area contributed by atoms with Crippen LogP contribution in [0.3, 0.4) is 0 Å². The molecule has 0 aromatic heterocycles. The maximum absolute atomic E-state index is 6.01. The number of hydrogen-bond acceptors (Lipinski definition) is 6. The smallest absolute Gasteiger partial charge is 0.150 e. The molecule has 32 heavy (non-hydrogen) atoms. The van der Waals surface area contributed by atoms with Crippen molar-refractivity contribution >= 4 is 17.1 Å². The van der Waals surface area contributed by atoms with Crippen LogP contribution >= 0.6 is 0 Å². The summed E-state index contributed by atoms with van der Waals surface area (Å²) < 4.78 is 0. The Morgan fingerprint density at radius 2 is 1.69 bits per heavy atom. The SMILES string of the molecule is CCCN(CCN1CCN(c2ccccc2)CC1)C1CCc2cc3c(cc2C1)NC(N)N3. The minimum Gasteiger partial charge on any atom is -0.369 e. The third-order valence-electron chi connectivity index (χ3n) is 7.39. The number of nitrogens with one attached hydrogen (secondary N) is 2. The van der Waals surface area contributed by atoms with Gasteiger partial charge in [-0.05, 0) is 67.6 Å². The highest BCUT2D eigenvalue weighted by Gasteiger charge is 2.27. The predicted octanol–water partition coefficient (Wildman–Crippen LogP) is 3.16. The van der Waals surface area contributed by atoms with Crippen LogP contribution in [0.1, 0.15) is 30.9 Å². The third kappa shape index (κ3) is 4.72. The van der Waals surface area contributed by atoms with Gasteiger partial charge < -0.3 is 15.5 Å². The Morgan fingerprint density at radius 3 is 2.41 bits per heavy atom. The molecular weight excluding hydrogens is 396 g/mol. The van der Waals surface area contributed by atoms with Crippen LogP contribution in [0.5, 0.6) is 0 Å². The highest BCUT2D eigenvalue weighted by molar-refractivity contribution is 5.76. The van der Waals surface area contributed by atoms with E-state index in [-0.39, 0.29) is 6.29 Å². The van der Waals surface area contributed by atoms with E-state index in [4.69, 9.17) is 5.73 Å². The summed E-state index contributed by atoms with van der Waals surface area (Å²) >= 11 is 0. The summed E-state index contributed by atoms with van der Waals surface area (Å²) in [6.45, 7) is 10.4. The molecule has 3 aliphatic rings. The van der Waals surface area contributed by atoms with Crippen LogP contribution in [0.4, 0.5) is 17.1 Å². The average molecular weight is 435 g/mol. The number of aryl methyl sites for hydroxylation is 1. The Balaban J connectivity index is 1.16. The normalized spacial score (nSPS) is 22.9. The second-order valence-electron chi connectivity index (χ2n) is 9.53. The molecule has 2 unspecified atom stereocenters. The van der Waals surface area contributed by atoms with Crippen LogP contribution < -0.4 is 21.3 Å². The molecule has 1 saturated heterocycles. The Bertz CT molecular complexity index is 893. The molecule has 0 saturated carbocycles. The second-order valence-corrected chi connectivity index (χ2v) is 9.53. The zero-order chi connectivity index (χ0) is 21.9. The van der Waals surface area contributed by atoms with Crippen molar-refractivity contribution in [1.82, 2.24) is 9.80 Å². The Labute approximate surface area is 192 Å². The molecule has 1 fully saturated rings. The summed E-state index contributed by atoms with van der Waals surface area (Å²) in [6, 6.07) is 16.1. The number of benzene rings is 2. The molecule has 172 valence electrons. The molecule has 5 rings (SSSR count). The molecule has 2 aromatic carbocycles. The van der Waals surface area contributed by atoms with E-state index in [0.717, 1.165) is 44.0 Å². The highest BCUT2D eigenvalue weighted by atomic mass is 15.3. The molecule has 2 atom stereocenters. The maximum atomic E-state index is 6.01. The van der Waals surface area contributed by atoms with Gasteiger partial charge >= 0.3 is 0 Å². The van der Waals surface area contributed by atoms with Crippen LogP contribution in [-0.4, -0.2) is 67.9 Å². The van der Waals surface area contributed by atoms with Gasteiger partial charge in [-0.15, -0.1) is 0 Å². The third-order valence-corrected chi connectivity index (χ3v) is 7.39. The molecule has 6 heteroatoms. The lowest BCUT2D eigenvalue weighted by Crippen LogP contribution is -2.50. The number of fused-ring (bicyclic) bond motifs is 2. The molecule has 6 nitrogen and oxygen atoms in total. The highest BCUT2D eigenvalue weighted by Crippen LogP contribution is 2.35. The first-order valence-corrected chi connectivity index (χ1v) is 12.4. The molecule has 0 radical (unpaired) electrons. The zero-order valence-corrected chi connectivity index (χ0v) is 19.4. The quantitative estimate of drug-likeness (QED) is 0.622. The van der Waals surface area contributed by atoms with E-state index in [9.17, 15) is 0 Å². The molecule has 0 spiro atoms. The van der Waals surface area contributed by atoms with Gasteiger partial charge in [-0.25, -0.2) is 0 Å². The maximum Gasteiger partial charge on any atom is 0.150 e. The Kier molecular flexibility index (Phi) is 6.53. The summed E-state index contributed by atoms with van der Waals surface area (Å²) in [5, 5.41) is 6.66. The van der Waals surface area contributed by atoms with Gasteiger partial charge in [-0.3, -0.25) is 15.5 Å². The number of piperazine rings is 1. The Hall–Kier alpha value is -2.28. The van der Waals surface area contributed by atoms with Crippen molar-refractivity contribution < 1.29 is 0 Å². The fraction of sp³-hybridized carbons (Fsp3) is 0.538. The number of nitrogens with two attached hydrogens (primary N) is 1. The molecule has 2 aromatic rings. The van der Waals surface area contributed by atoms with Crippen molar-refractivity contribution in [3.63, 3.8) is 0 Å². The van der Waals surface area contributed by atoms with Crippen molar-refractivity contribution in [3.05, 3.63) is 53.6 Å². The van der Waals surface area contributed by atoms with Gasteiger partial charge in [0.1, 0.15) is 0 Å². The number of rotatable bonds is 7. The van der Waals surface area contributed by atoms with Crippen molar-refractivity contribution in [2.24, 2.45) is 5.73 Å². The van der Waals surface area contributed by atoms with Crippen LogP contribution in [0.25, 0.3) is 0 Å². The number of nitrogens with zero attached hydrogens (tertiary/aromatic N) is 3. The van der Waals surface area contributed by atoms with Gasteiger partial charge in [0.15, 0.2) is 6.29 Å². The van der Waals surface area contributed by atoms with E-state index < -0.39 is 0 Å². The van der Waals surface area contributed by atoms with Crippen LogP contribution in [0.2, 0.25) is 0 Å². The van der Waals surface area contributed by atoms with E-state index in [0.29, 0.717) is 6.04 Å². The molecule has 1 aliphatic carbocycles. The lowest BCUT2D eigenvalue weighted by Gasteiger charge is -2.39. The van der Waals surface area contributed by atoms with E-state index in [2.05, 4.69) is 74.7 Å². The number of para-hydroxylation sites is 1. The first-order valence-electron chi connectivity index (χ1n) is 12.4. The van der Waals surface area contributed by atoms with Crippen molar-refractivity contribution in [3.8, 4) is 0 Å². The fourth-order valence-electron chi connectivity index (χ4n) is 5.61. The van der Waals surface area contributed by atoms with E-state index in [1.807, 2.05) is 0 Å². The number of anilines is 3. The summed E-state index contributed by atoms with van der Waals surface area (Å²) in [7, 11) is 0. The number of hydrogen-bond donors (Lipinski definition) is 3. The van der Waals surface area contributed by atoms with E-state index in [1.54, 1.807) is 0 Å². The molecule has 0 amide bonds. The second kappa shape index (κ2) is 9.69. The first-order chi connectivity index (χ1) is 15.7. The zero-order valence-electron chi connectivity index (χ0n) is 19.4. The minimum atomic E-state index is -0.163. The standard InChI is InChI=1S/C26H38N6/c1-2-10-31(14-11-30-12-15-32(16-13-30)22-6-4-3-5-7-22)23-9-8-20-18-24-25(19-21(20)17-23)29-26(27)28-24/h3-7,18-19,23,26,28-29H,2,8-17,27H2,1H3. The minimum absolute atomic E-state index is 0.163. The summed E-state index contributed by atoms with van der Waals surface area (Å²) in [4.78, 5) is 7.94. The molecule has 0 bridgehead atoms. The summed E-state index contributed by atoms with van der Waals surface area (Å²) in [5.41, 5.74) is 12.7. The van der Waals surface area contributed by atoms with E-state index >= 15 is 0 Å². The van der Waals surface area contributed by atoms with Gasteiger partial charge in [-0.2, -0.15) is 0 Å². The Morgan fingerprint density at radius 1 is 0.969 bits per heavy atom. The molecule has 4 N–H and O–H groups in total. The molecule has 2 aliphatic heterocycles. The van der Waals surface area contributed by atoms with Crippen LogP contribution in [-0.2, 0) is 12.8 Å². The van der Waals surface area contributed by atoms with Crippen LogP contribution in [0, 0.1) is 0 Å². The van der Waals surface area contributed by atoms with Gasteiger partial charge in [-0.1, -0.05) is 25.1 Å². The first kappa shape index (κ1) is 21.6. The van der Waals surface area contributed by atoms with Crippen molar-refractivity contribution in [2.75, 3.05) is 61.3 Å². The van der Waals surface area contributed by atoms with Gasteiger partial charge in [0.25, 0.3) is 0 Å². The average Bonchev–Trinajstić information content (AvgIpc) is 3.19. The monoisotopic (exact) mass is 434 g/mol. The van der Waals surface area contributed by atoms with Crippen molar-refractivity contribution in [2.45, 2.75) is 44.9 Å². The lowest BCUT2D eigenvalue weighted by molar-refractivity contribution is 0.145. The van der Waals surface area contributed by atoms with Crippen LogP contribution in [0.15, 0.2) is 42.5 Å². The summed E-state index contributed by atoms with van der Waals surface area (Å²) in [5.74, 6) is 0. The predicted molar refractivity (Wildman–Crippen MR) is 134 cm³/mol. The molecular formula is C26H38N6. The van der Waals surface area contributed by atoms with Gasteiger partial charge in [0.05, 0.1) is 11.4 Å². The largest absolute Gasteiger partial charge is 0.369 e. The van der Waals surface area contributed by atoms with Gasteiger partial charge in [0, 0.05) is 51.0 Å². The van der Waals surface area contributed by atoms with E-state index in [1.165, 1.54) is 55.7 Å². The van der Waals surface area contributed by atoms with Gasteiger partial charge in [0.2, 0.25) is 0 Å². The topological polar surface area (TPSA) is 59.8 Å². The molecule has 2 heterocycles. The lowest BCUT2D eigenvalue weighted by atomic mass is 9.86. The van der Waals surface area contributed by atoms with Crippen molar-refractivity contribution in [1.29, 1.82) is 0 Å².